The van der Waals surface area contributed by atoms with Crippen molar-refractivity contribution >= 4 is 21.4 Å². The maximum atomic E-state index is 9.69. The Morgan fingerprint density at radius 1 is 1.50 bits per heavy atom. The molecule has 0 saturated heterocycles. The van der Waals surface area contributed by atoms with Crippen molar-refractivity contribution in [3.63, 3.8) is 0 Å². The van der Waals surface area contributed by atoms with E-state index in [0.29, 0.717) is 0 Å². The van der Waals surface area contributed by atoms with Crippen LogP contribution >= 0.6 is 15.9 Å². The highest BCUT2D eigenvalue weighted by Crippen LogP contribution is 2.24. The first kappa shape index (κ1) is 9.52. The summed E-state index contributed by atoms with van der Waals surface area (Å²) in [5.74, 6) is 1.14. The first-order valence-corrected chi connectivity index (χ1v) is 5.38. The van der Waals surface area contributed by atoms with Gasteiger partial charge in [0.25, 0.3) is 0 Å². The van der Waals surface area contributed by atoms with Gasteiger partial charge in [-0.1, -0.05) is 13.0 Å². The lowest BCUT2D eigenvalue weighted by Crippen LogP contribution is -1.94. The highest BCUT2D eigenvalue weighted by molar-refractivity contribution is 9.10. The Labute approximate surface area is 90.5 Å². The van der Waals surface area contributed by atoms with E-state index in [1.165, 1.54) is 0 Å². The number of aromatic nitrogens is 2. The van der Waals surface area contributed by atoms with Gasteiger partial charge in [0.15, 0.2) is 5.88 Å². The van der Waals surface area contributed by atoms with Gasteiger partial charge in [-0.15, -0.1) is 0 Å². The van der Waals surface area contributed by atoms with Gasteiger partial charge in [-0.2, -0.15) is 0 Å². The van der Waals surface area contributed by atoms with Crippen LogP contribution in [0.4, 0.5) is 0 Å². The Balaban J connectivity index is 2.72. The van der Waals surface area contributed by atoms with Crippen LogP contribution in [0.1, 0.15) is 19.2 Å². The Morgan fingerprint density at radius 2 is 2.29 bits per heavy atom. The van der Waals surface area contributed by atoms with Gasteiger partial charge in [-0.3, -0.25) is 4.40 Å². The van der Waals surface area contributed by atoms with Crippen LogP contribution < -0.4 is 0 Å². The maximum Gasteiger partial charge on any atom is 0.197 e. The number of aryl methyl sites for hydroxylation is 1. The van der Waals surface area contributed by atoms with Crippen LogP contribution in [-0.2, 0) is 6.42 Å². The normalized spacial score (nSPS) is 11.0. The third kappa shape index (κ3) is 1.39. The number of rotatable bonds is 2. The van der Waals surface area contributed by atoms with E-state index in [4.69, 9.17) is 0 Å². The average molecular weight is 255 g/mol. The molecule has 4 heteroatoms. The lowest BCUT2D eigenvalue weighted by atomic mass is 10.3. The van der Waals surface area contributed by atoms with Crippen LogP contribution in [0.25, 0.3) is 5.52 Å². The summed E-state index contributed by atoms with van der Waals surface area (Å²) >= 11 is 3.38. The first-order chi connectivity index (χ1) is 6.74. The molecule has 0 bridgehead atoms. The van der Waals surface area contributed by atoms with Gasteiger partial charge in [-0.25, -0.2) is 4.98 Å². The number of fused-ring (bicyclic) bond motifs is 1. The van der Waals surface area contributed by atoms with Gasteiger partial charge in [-0.05, 0) is 34.5 Å². The zero-order valence-corrected chi connectivity index (χ0v) is 9.45. The number of hydrogen-bond acceptors (Lipinski definition) is 2. The summed E-state index contributed by atoms with van der Waals surface area (Å²) in [6, 6.07) is 5.41. The van der Waals surface area contributed by atoms with E-state index in [0.717, 1.165) is 28.8 Å². The number of aromatic hydroxyl groups is 1. The van der Waals surface area contributed by atoms with Gasteiger partial charge in [0, 0.05) is 6.42 Å². The zero-order chi connectivity index (χ0) is 10.1. The van der Waals surface area contributed by atoms with Crippen molar-refractivity contribution in [3.8, 4) is 5.88 Å². The fraction of sp³-hybridized carbons (Fsp3) is 0.300. The summed E-state index contributed by atoms with van der Waals surface area (Å²) < 4.78 is 2.56. The largest absolute Gasteiger partial charge is 0.494 e. The highest BCUT2D eigenvalue weighted by Gasteiger charge is 2.10. The topological polar surface area (TPSA) is 37.5 Å². The van der Waals surface area contributed by atoms with Crippen molar-refractivity contribution in [1.29, 1.82) is 0 Å². The fourth-order valence-corrected chi connectivity index (χ4v) is 2.06. The molecule has 2 aromatic rings. The Kier molecular flexibility index (Phi) is 2.46. The molecule has 0 aromatic carbocycles. The Morgan fingerprint density at radius 3 is 3.00 bits per heavy atom. The second kappa shape index (κ2) is 3.61. The molecule has 0 spiro atoms. The molecule has 0 aliphatic heterocycles. The second-order valence-electron chi connectivity index (χ2n) is 3.17. The minimum atomic E-state index is 0.240. The minimum Gasteiger partial charge on any atom is -0.494 e. The molecule has 0 unspecified atom stereocenters. The van der Waals surface area contributed by atoms with Crippen molar-refractivity contribution < 1.29 is 5.11 Å². The van der Waals surface area contributed by atoms with Crippen molar-refractivity contribution in [2.75, 3.05) is 0 Å². The smallest absolute Gasteiger partial charge is 0.197 e. The number of halogens is 1. The van der Waals surface area contributed by atoms with Crippen LogP contribution in [0.5, 0.6) is 5.88 Å². The van der Waals surface area contributed by atoms with Crippen LogP contribution in [-0.4, -0.2) is 14.5 Å². The summed E-state index contributed by atoms with van der Waals surface area (Å²) in [5.41, 5.74) is 0.911. The van der Waals surface area contributed by atoms with Crippen LogP contribution in [0.15, 0.2) is 22.8 Å². The predicted octanol–water partition coefficient (Wildman–Crippen LogP) is 2.75. The molecule has 0 aliphatic rings. The fourth-order valence-electron chi connectivity index (χ4n) is 1.54. The Hall–Kier alpha value is -1.03. The lowest BCUT2D eigenvalue weighted by molar-refractivity contribution is 0.442. The number of imidazole rings is 1. The SMILES string of the molecule is CCCc1nc(Br)c2cccc(O)n12. The van der Waals surface area contributed by atoms with Gasteiger partial charge in [0.05, 0.1) is 5.52 Å². The standard InChI is InChI=1S/C10H11BrN2O/c1-2-4-8-12-10(11)7-5-3-6-9(14)13(7)8/h3,5-6,14H,2,4H2,1H3. The number of nitrogens with zero attached hydrogens (tertiary/aromatic N) is 2. The van der Waals surface area contributed by atoms with E-state index in [-0.39, 0.29) is 5.88 Å². The van der Waals surface area contributed by atoms with Crippen molar-refractivity contribution in [3.05, 3.63) is 28.6 Å². The molecule has 0 saturated carbocycles. The minimum absolute atomic E-state index is 0.240. The van der Waals surface area contributed by atoms with Crippen molar-refractivity contribution in [1.82, 2.24) is 9.38 Å². The van der Waals surface area contributed by atoms with E-state index in [1.54, 1.807) is 10.5 Å². The van der Waals surface area contributed by atoms with Gasteiger partial charge < -0.3 is 5.11 Å². The number of hydrogen-bond donors (Lipinski definition) is 1. The molecule has 0 aliphatic carbocycles. The van der Waals surface area contributed by atoms with Crippen molar-refractivity contribution in [2.24, 2.45) is 0 Å². The predicted molar refractivity (Wildman–Crippen MR) is 58.6 cm³/mol. The molecule has 3 nitrogen and oxygen atoms in total. The van der Waals surface area contributed by atoms with Gasteiger partial charge >= 0.3 is 0 Å². The second-order valence-corrected chi connectivity index (χ2v) is 3.92. The van der Waals surface area contributed by atoms with Gasteiger partial charge in [0.1, 0.15) is 10.4 Å². The first-order valence-electron chi connectivity index (χ1n) is 4.59. The summed E-state index contributed by atoms with van der Waals surface area (Å²) in [7, 11) is 0. The quantitative estimate of drug-likeness (QED) is 0.895. The molecule has 0 atom stereocenters. The van der Waals surface area contributed by atoms with Crippen LogP contribution in [0, 0.1) is 0 Å². The monoisotopic (exact) mass is 254 g/mol. The molecule has 0 radical (unpaired) electrons. The molecule has 2 rings (SSSR count). The summed E-state index contributed by atoms with van der Waals surface area (Å²) in [6.45, 7) is 2.09. The van der Waals surface area contributed by atoms with Gasteiger partial charge in [0.2, 0.25) is 0 Å². The third-order valence-corrected chi connectivity index (χ3v) is 2.72. The summed E-state index contributed by atoms with van der Waals surface area (Å²) in [4.78, 5) is 4.36. The average Bonchev–Trinajstić information content (AvgIpc) is 2.46. The Bertz CT molecular complexity index is 464. The number of pyridine rings is 1. The van der Waals surface area contributed by atoms with Crippen molar-refractivity contribution in [2.45, 2.75) is 19.8 Å². The van der Waals surface area contributed by atoms with E-state index >= 15 is 0 Å². The van der Waals surface area contributed by atoms with Crippen LogP contribution in [0.3, 0.4) is 0 Å². The molecule has 74 valence electrons. The highest BCUT2D eigenvalue weighted by atomic mass is 79.9. The molecule has 14 heavy (non-hydrogen) atoms. The summed E-state index contributed by atoms with van der Waals surface area (Å²) in [6.07, 6.45) is 1.88. The molecule has 1 N–H and O–H groups in total. The molecule has 2 heterocycles. The third-order valence-electron chi connectivity index (χ3n) is 2.14. The van der Waals surface area contributed by atoms with E-state index in [9.17, 15) is 5.11 Å². The molecule has 0 amide bonds. The molecule has 2 aromatic heterocycles. The molecular weight excluding hydrogens is 244 g/mol. The zero-order valence-electron chi connectivity index (χ0n) is 7.87. The maximum absolute atomic E-state index is 9.69. The van der Waals surface area contributed by atoms with Crippen LogP contribution in [0.2, 0.25) is 0 Å². The molecule has 0 fully saturated rings. The molecular formula is C10H11BrN2O. The van der Waals surface area contributed by atoms with E-state index in [2.05, 4.69) is 27.8 Å². The van der Waals surface area contributed by atoms with E-state index < -0.39 is 0 Å². The lowest BCUT2D eigenvalue weighted by Gasteiger charge is -2.01. The summed E-state index contributed by atoms with van der Waals surface area (Å²) in [5, 5.41) is 9.69. The van der Waals surface area contributed by atoms with E-state index in [1.807, 2.05) is 12.1 Å².